The first-order chi connectivity index (χ1) is 7.82. The summed E-state index contributed by atoms with van der Waals surface area (Å²) >= 11 is 0. The number of benzene rings is 1. The molecule has 0 amide bonds. The zero-order valence-electron chi connectivity index (χ0n) is 8.21. The van der Waals surface area contributed by atoms with Crippen LogP contribution in [0.2, 0.25) is 0 Å². The van der Waals surface area contributed by atoms with Crippen LogP contribution < -0.4 is 5.46 Å². The lowest BCUT2D eigenvalue weighted by Gasteiger charge is -2.19. The highest BCUT2D eigenvalue weighted by atomic mass is 19.4. The van der Waals surface area contributed by atoms with E-state index in [0.29, 0.717) is 0 Å². The average Bonchev–Trinajstić information content (AvgIpc) is 2.13. The van der Waals surface area contributed by atoms with Crippen LogP contribution in [0, 0.1) is 0 Å². The first-order valence-corrected chi connectivity index (χ1v) is 4.31. The third-order valence-corrected chi connectivity index (χ3v) is 1.99. The van der Waals surface area contributed by atoms with Crippen LogP contribution in [0.15, 0.2) is 18.2 Å². The Balaban J connectivity index is 3.49. The predicted molar refractivity (Wildman–Crippen MR) is 45.2 cm³/mol. The van der Waals surface area contributed by atoms with Crippen LogP contribution in [0.4, 0.5) is 39.3 Å². The molecule has 102 valence electrons. The first kappa shape index (κ1) is 14.7. The van der Waals surface area contributed by atoms with Gasteiger partial charge in [0, 0.05) is 0 Å². The van der Waals surface area contributed by atoms with Crippen LogP contribution in [-0.4, -0.2) is 6.98 Å². The summed E-state index contributed by atoms with van der Waals surface area (Å²) < 4.78 is 110. The van der Waals surface area contributed by atoms with Crippen molar-refractivity contribution in [1.82, 2.24) is 0 Å². The standard InChI is InChI=1S/C8H3BF9/c10-7(11,12)4-1-5(8(13,14)15)3-6(2-4)9(16,17)18/h1-3H/q-1. The van der Waals surface area contributed by atoms with Crippen molar-refractivity contribution in [3.8, 4) is 0 Å². The van der Waals surface area contributed by atoms with Crippen molar-refractivity contribution in [1.29, 1.82) is 0 Å². The summed E-state index contributed by atoms with van der Waals surface area (Å²) in [5, 5.41) is 0. The van der Waals surface area contributed by atoms with E-state index in [0.717, 1.165) is 0 Å². The van der Waals surface area contributed by atoms with Gasteiger partial charge in [0.15, 0.2) is 0 Å². The Bertz CT molecular complexity index is 360. The van der Waals surface area contributed by atoms with E-state index in [1.54, 1.807) is 0 Å². The molecule has 0 unspecified atom stereocenters. The summed E-state index contributed by atoms with van der Waals surface area (Å²) in [6, 6.07) is -1.03. The number of halogens is 9. The Morgan fingerprint density at radius 1 is 0.667 bits per heavy atom. The van der Waals surface area contributed by atoms with E-state index in [-0.39, 0.29) is 18.2 Å². The SMILES string of the molecule is F[B-](F)(F)c1cc(C(F)(F)F)cc(C(F)(F)F)c1. The Hall–Kier alpha value is -1.35. The average molecular weight is 281 g/mol. The highest BCUT2D eigenvalue weighted by Gasteiger charge is 2.39. The van der Waals surface area contributed by atoms with Crippen LogP contribution in [-0.2, 0) is 12.4 Å². The molecule has 0 radical (unpaired) electrons. The van der Waals surface area contributed by atoms with Crippen molar-refractivity contribution >= 4 is 12.4 Å². The largest absolute Gasteiger partial charge is 0.509 e. The fourth-order valence-electron chi connectivity index (χ4n) is 1.17. The lowest BCUT2D eigenvalue weighted by atomic mass is 9.78. The summed E-state index contributed by atoms with van der Waals surface area (Å²) in [4.78, 5) is 0. The van der Waals surface area contributed by atoms with E-state index in [1.807, 2.05) is 0 Å². The lowest BCUT2D eigenvalue weighted by molar-refractivity contribution is -0.142. The van der Waals surface area contributed by atoms with E-state index in [9.17, 15) is 39.3 Å². The summed E-state index contributed by atoms with van der Waals surface area (Å²) in [5.41, 5.74) is -5.89. The van der Waals surface area contributed by atoms with Gasteiger partial charge >= 0.3 is 19.3 Å². The molecule has 10 heteroatoms. The van der Waals surface area contributed by atoms with Crippen molar-refractivity contribution in [3.63, 3.8) is 0 Å². The molecule has 0 aliphatic rings. The fraction of sp³-hybridized carbons (Fsp3) is 0.250. The highest BCUT2D eigenvalue weighted by Crippen LogP contribution is 2.35. The first-order valence-electron chi connectivity index (χ1n) is 4.31. The molecular formula is C8H3BF9-. The van der Waals surface area contributed by atoms with Gasteiger partial charge < -0.3 is 12.9 Å². The molecule has 1 aromatic rings. The van der Waals surface area contributed by atoms with Crippen molar-refractivity contribution in [3.05, 3.63) is 29.3 Å². The fourth-order valence-corrected chi connectivity index (χ4v) is 1.17. The molecule has 0 aliphatic carbocycles. The van der Waals surface area contributed by atoms with Gasteiger partial charge in [-0.3, -0.25) is 0 Å². The number of rotatable bonds is 1. The smallest absolute Gasteiger partial charge is 0.445 e. The predicted octanol–water partition coefficient (Wildman–Crippen LogP) is 3.78. The molecule has 0 N–H and O–H groups in total. The maximum absolute atomic E-state index is 12.3. The Labute approximate surface area is 94.5 Å². The third-order valence-electron chi connectivity index (χ3n) is 1.99. The molecule has 0 aromatic heterocycles. The molecular weight excluding hydrogens is 278 g/mol. The maximum atomic E-state index is 12.3. The zero-order valence-corrected chi connectivity index (χ0v) is 8.21. The van der Waals surface area contributed by atoms with Crippen LogP contribution in [0.25, 0.3) is 0 Å². The second-order valence-corrected chi connectivity index (χ2v) is 3.41. The molecule has 0 heterocycles. The normalized spacial score (nSPS) is 13.8. The van der Waals surface area contributed by atoms with Gasteiger partial charge in [0.1, 0.15) is 0 Å². The van der Waals surface area contributed by atoms with Gasteiger partial charge in [-0.2, -0.15) is 26.3 Å². The van der Waals surface area contributed by atoms with Gasteiger partial charge in [0.2, 0.25) is 0 Å². The molecule has 0 fully saturated rings. The van der Waals surface area contributed by atoms with E-state index in [1.165, 1.54) is 0 Å². The van der Waals surface area contributed by atoms with Gasteiger partial charge in [-0.25, -0.2) is 0 Å². The Morgan fingerprint density at radius 3 is 1.22 bits per heavy atom. The van der Waals surface area contributed by atoms with Crippen molar-refractivity contribution in [2.75, 3.05) is 0 Å². The summed E-state index contributed by atoms with van der Waals surface area (Å²) in [7, 11) is 0. The van der Waals surface area contributed by atoms with Crippen LogP contribution in [0.5, 0.6) is 0 Å². The Morgan fingerprint density at radius 2 is 1.00 bits per heavy atom. The second kappa shape index (κ2) is 4.09. The number of hydrogen-bond donors (Lipinski definition) is 0. The summed E-state index contributed by atoms with van der Waals surface area (Å²) in [5.74, 6) is 0. The lowest BCUT2D eigenvalue weighted by Crippen LogP contribution is -2.36. The minimum Gasteiger partial charge on any atom is -0.445 e. The van der Waals surface area contributed by atoms with Crippen molar-refractivity contribution < 1.29 is 39.3 Å². The van der Waals surface area contributed by atoms with Gasteiger partial charge in [-0.1, -0.05) is 12.1 Å². The van der Waals surface area contributed by atoms with Gasteiger partial charge in [0.05, 0.1) is 11.1 Å². The summed E-state index contributed by atoms with van der Waals surface area (Å²) in [6.07, 6.45) is -10.6. The van der Waals surface area contributed by atoms with E-state index < -0.39 is 35.9 Å². The molecule has 0 saturated heterocycles. The van der Waals surface area contributed by atoms with Gasteiger partial charge in [-0.05, 0) is 6.07 Å². The quantitative estimate of drug-likeness (QED) is 0.543. The molecule has 1 rings (SSSR count). The molecule has 1 aromatic carbocycles. The van der Waals surface area contributed by atoms with Crippen LogP contribution in [0.1, 0.15) is 11.1 Å². The zero-order chi connectivity index (χ0) is 14.4. The minimum atomic E-state index is -5.95. The number of hydrogen-bond acceptors (Lipinski definition) is 0. The molecule has 0 spiro atoms. The van der Waals surface area contributed by atoms with E-state index in [2.05, 4.69) is 0 Å². The Kier molecular flexibility index (Phi) is 3.35. The minimum absolute atomic E-state index is 0.338. The molecule has 0 saturated carbocycles. The summed E-state index contributed by atoms with van der Waals surface area (Å²) in [6.45, 7) is -5.95. The highest BCUT2D eigenvalue weighted by molar-refractivity contribution is 6.73. The van der Waals surface area contributed by atoms with Crippen LogP contribution in [0.3, 0.4) is 0 Å². The van der Waals surface area contributed by atoms with Crippen LogP contribution >= 0.6 is 0 Å². The van der Waals surface area contributed by atoms with E-state index in [4.69, 9.17) is 0 Å². The molecule has 0 bridgehead atoms. The second-order valence-electron chi connectivity index (χ2n) is 3.41. The monoisotopic (exact) mass is 281 g/mol. The van der Waals surface area contributed by atoms with Gasteiger partial charge in [0.25, 0.3) is 0 Å². The topological polar surface area (TPSA) is 0 Å². The number of alkyl halides is 6. The molecule has 0 atom stereocenters. The molecule has 0 aliphatic heterocycles. The van der Waals surface area contributed by atoms with E-state index >= 15 is 0 Å². The third kappa shape index (κ3) is 3.33. The van der Waals surface area contributed by atoms with Crippen molar-refractivity contribution in [2.24, 2.45) is 0 Å². The molecule has 0 nitrogen and oxygen atoms in total. The molecule has 18 heavy (non-hydrogen) atoms. The maximum Gasteiger partial charge on any atom is 0.509 e. The van der Waals surface area contributed by atoms with Crippen molar-refractivity contribution in [2.45, 2.75) is 12.4 Å². The van der Waals surface area contributed by atoms with Gasteiger partial charge in [-0.15, -0.1) is 5.46 Å².